The summed E-state index contributed by atoms with van der Waals surface area (Å²) in [4.78, 5) is 0. The maximum atomic E-state index is 3.62. The summed E-state index contributed by atoms with van der Waals surface area (Å²) in [5.74, 6) is 0.803. The molecule has 0 aromatic rings. The standard InChI is InChI=1S/C12H26N2/c1-10(2)8-11(3)14-9-12-6-4-5-7-13-12/h10-14H,4-9H2,1-3H3. The van der Waals surface area contributed by atoms with E-state index in [0.29, 0.717) is 6.04 Å². The lowest BCUT2D eigenvalue weighted by molar-refractivity contribution is 0.354. The van der Waals surface area contributed by atoms with Crippen LogP contribution in [0, 0.1) is 5.92 Å². The van der Waals surface area contributed by atoms with Crippen LogP contribution in [0.4, 0.5) is 0 Å². The van der Waals surface area contributed by atoms with Gasteiger partial charge in [-0.1, -0.05) is 20.3 Å². The maximum Gasteiger partial charge on any atom is 0.0192 e. The Balaban J connectivity index is 2.06. The molecule has 0 bridgehead atoms. The molecule has 2 heteroatoms. The van der Waals surface area contributed by atoms with E-state index in [1.807, 2.05) is 0 Å². The molecule has 0 amide bonds. The smallest absolute Gasteiger partial charge is 0.0192 e. The molecule has 2 N–H and O–H groups in total. The Morgan fingerprint density at radius 2 is 2.07 bits per heavy atom. The minimum atomic E-state index is 0.665. The molecule has 0 aromatic carbocycles. The van der Waals surface area contributed by atoms with Crippen molar-refractivity contribution in [2.24, 2.45) is 5.92 Å². The van der Waals surface area contributed by atoms with E-state index in [9.17, 15) is 0 Å². The van der Waals surface area contributed by atoms with Crippen LogP contribution in [0.25, 0.3) is 0 Å². The van der Waals surface area contributed by atoms with Gasteiger partial charge in [-0.25, -0.2) is 0 Å². The van der Waals surface area contributed by atoms with Crippen LogP contribution in [-0.2, 0) is 0 Å². The van der Waals surface area contributed by atoms with Gasteiger partial charge in [0.15, 0.2) is 0 Å². The van der Waals surface area contributed by atoms with Crippen molar-refractivity contribution in [3.8, 4) is 0 Å². The summed E-state index contributed by atoms with van der Waals surface area (Å²) in [6.07, 6.45) is 5.39. The van der Waals surface area contributed by atoms with Gasteiger partial charge in [0.1, 0.15) is 0 Å². The molecular weight excluding hydrogens is 172 g/mol. The largest absolute Gasteiger partial charge is 0.313 e. The number of hydrogen-bond donors (Lipinski definition) is 2. The zero-order valence-electron chi connectivity index (χ0n) is 9.97. The van der Waals surface area contributed by atoms with Crippen molar-refractivity contribution in [2.45, 2.75) is 58.5 Å². The lowest BCUT2D eigenvalue weighted by atomic mass is 10.0. The van der Waals surface area contributed by atoms with E-state index >= 15 is 0 Å². The first kappa shape index (κ1) is 12.0. The van der Waals surface area contributed by atoms with Crippen molar-refractivity contribution in [1.29, 1.82) is 0 Å². The highest BCUT2D eigenvalue weighted by molar-refractivity contribution is 4.76. The third-order valence-corrected chi connectivity index (χ3v) is 2.95. The minimum Gasteiger partial charge on any atom is -0.313 e. The lowest BCUT2D eigenvalue weighted by Gasteiger charge is -2.26. The van der Waals surface area contributed by atoms with Gasteiger partial charge in [0, 0.05) is 18.6 Å². The van der Waals surface area contributed by atoms with Crippen molar-refractivity contribution in [3.63, 3.8) is 0 Å². The number of piperidine rings is 1. The summed E-state index contributed by atoms with van der Waals surface area (Å²) < 4.78 is 0. The Morgan fingerprint density at radius 3 is 2.64 bits per heavy atom. The fraction of sp³-hybridized carbons (Fsp3) is 1.00. The Morgan fingerprint density at radius 1 is 1.29 bits per heavy atom. The van der Waals surface area contributed by atoms with Crippen molar-refractivity contribution in [1.82, 2.24) is 10.6 Å². The van der Waals surface area contributed by atoms with E-state index in [4.69, 9.17) is 0 Å². The Hall–Kier alpha value is -0.0800. The van der Waals surface area contributed by atoms with Crippen LogP contribution in [0.15, 0.2) is 0 Å². The summed E-state index contributed by atoms with van der Waals surface area (Å²) in [7, 11) is 0. The monoisotopic (exact) mass is 198 g/mol. The molecule has 14 heavy (non-hydrogen) atoms. The SMILES string of the molecule is CC(C)CC(C)NCC1CCCCN1. The van der Waals surface area contributed by atoms with Gasteiger partial charge in [0.25, 0.3) is 0 Å². The minimum absolute atomic E-state index is 0.665. The summed E-state index contributed by atoms with van der Waals surface area (Å²) in [6, 6.07) is 1.39. The van der Waals surface area contributed by atoms with E-state index in [1.165, 1.54) is 32.2 Å². The molecule has 0 aromatic heterocycles. The zero-order valence-corrected chi connectivity index (χ0v) is 9.97. The van der Waals surface area contributed by atoms with Crippen LogP contribution >= 0.6 is 0 Å². The molecule has 1 fully saturated rings. The summed E-state index contributed by atoms with van der Waals surface area (Å²) >= 11 is 0. The topological polar surface area (TPSA) is 24.1 Å². The van der Waals surface area contributed by atoms with Gasteiger partial charge in [-0.15, -0.1) is 0 Å². The molecule has 2 nitrogen and oxygen atoms in total. The Labute approximate surface area is 88.8 Å². The van der Waals surface area contributed by atoms with Gasteiger partial charge >= 0.3 is 0 Å². The molecule has 2 unspecified atom stereocenters. The second-order valence-electron chi connectivity index (χ2n) is 5.09. The summed E-state index contributed by atoms with van der Waals surface area (Å²) in [5.41, 5.74) is 0. The highest BCUT2D eigenvalue weighted by Crippen LogP contribution is 2.07. The molecular formula is C12H26N2. The Kier molecular flexibility index (Phi) is 5.49. The van der Waals surface area contributed by atoms with Gasteiger partial charge in [0.2, 0.25) is 0 Å². The number of nitrogens with one attached hydrogen (secondary N) is 2. The van der Waals surface area contributed by atoms with Crippen LogP contribution in [-0.4, -0.2) is 25.2 Å². The van der Waals surface area contributed by atoms with Crippen molar-refractivity contribution < 1.29 is 0 Å². The zero-order chi connectivity index (χ0) is 10.4. The van der Waals surface area contributed by atoms with Gasteiger partial charge in [-0.3, -0.25) is 0 Å². The third-order valence-electron chi connectivity index (χ3n) is 2.95. The third kappa shape index (κ3) is 4.97. The van der Waals surface area contributed by atoms with Crippen molar-refractivity contribution in [2.75, 3.05) is 13.1 Å². The molecule has 0 aliphatic carbocycles. The maximum absolute atomic E-state index is 3.62. The predicted molar refractivity (Wildman–Crippen MR) is 62.6 cm³/mol. The normalized spacial score (nSPS) is 25.3. The average molecular weight is 198 g/mol. The van der Waals surface area contributed by atoms with Crippen LogP contribution in [0.5, 0.6) is 0 Å². The number of hydrogen-bond acceptors (Lipinski definition) is 2. The van der Waals surface area contributed by atoms with Crippen LogP contribution in [0.1, 0.15) is 46.5 Å². The highest BCUT2D eigenvalue weighted by atomic mass is 15.0. The number of rotatable bonds is 5. The lowest BCUT2D eigenvalue weighted by Crippen LogP contribution is -2.44. The van der Waals surface area contributed by atoms with Crippen LogP contribution in [0.3, 0.4) is 0 Å². The molecule has 1 rings (SSSR count). The molecule has 0 saturated carbocycles. The van der Waals surface area contributed by atoms with Crippen molar-refractivity contribution >= 4 is 0 Å². The van der Waals surface area contributed by atoms with E-state index in [2.05, 4.69) is 31.4 Å². The Bertz CT molecular complexity index is 139. The van der Waals surface area contributed by atoms with Crippen LogP contribution < -0.4 is 10.6 Å². The average Bonchev–Trinajstić information content (AvgIpc) is 2.15. The summed E-state index contributed by atoms with van der Waals surface area (Å²) in [6.45, 7) is 9.23. The second kappa shape index (κ2) is 6.41. The van der Waals surface area contributed by atoms with E-state index in [1.54, 1.807) is 0 Å². The molecule has 1 saturated heterocycles. The first-order valence-electron chi connectivity index (χ1n) is 6.15. The predicted octanol–water partition coefficient (Wildman–Crippen LogP) is 2.15. The molecule has 1 aliphatic rings. The van der Waals surface area contributed by atoms with Gasteiger partial charge in [-0.2, -0.15) is 0 Å². The first-order chi connectivity index (χ1) is 6.68. The first-order valence-corrected chi connectivity index (χ1v) is 6.15. The molecule has 2 atom stereocenters. The fourth-order valence-electron chi connectivity index (χ4n) is 2.23. The van der Waals surface area contributed by atoms with E-state index in [-0.39, 0.29) is 0 Å². The van der Waals surface area contributed by atoms with Gasteiger partial charge in [-0.05, 0) is 38.6 Å². The molecule has 1 heterocycles. The van der Waals surface area contributed by atoms with Gasteiger partial charge < -0.3 is 10.6 Å². The van der Waals surface area contributed by atoms with Gasteiger partial charge in [0.05, 0.1) is 0 Å². The molecule has 0 spiro atoms. The van der Waals surface area contributed by atoms with E-state index in [0.717, 1.165) is 18.5 Å². The quantitative estimate of drug-likeness (QED) is 0.707. The molecule has 0 radical (unpaired) electrons. The highest BCUT2D eigenvalue weighted by Gasteiger charge is 2.13. The second-order valence-corrected chi connectivity index (χ2v) is 5.09. The fourth-order valence-corrected chi connectivity index (χ4v) is 2.23. The van der Waals surface area contributed by atoms with Crippen LogP contribution in [0.2, 0.25) is 0 Å². The molecule has 84 valence electrons. The summed E-state index contributed by atoms with van der Waals surface area (Å²) in [5, 5.41) is 7.19. The van der Waals surface area contributed by atoms with E-state index < -0.39 is 0 Å². The molecule has 1 aliphatic heterocycles. The van der Waals surface area contributed by atoms with Crippen molar-refractivity contribution in [3.05, 3.63) is 0 Å².